The zero-order valence-corrected chi connectivity index (χ0v) is 11.0. The molecule has 1 aromatic carbocycles. The Morgan fingerprint density at radius 3 is 2.80 bits per heavy atom. The number of nitrogens with one attached hydrogen (secondary N) is 2. The molecule has 0 unspecified atom stereocenters. The third-order valence-electron chi connectivity index (χ3n) is 2.60. The van der Waals surface area contributed by atoms with Gasteiger partial charge in [-0.3, -0.25) is 14.3 Å². The molecule has 2 aromatic rings. The maximum Gasteiger partial charge on any atom is 0.251 e. The van der Waals surface area contributed by atoms with Crippen LogP contribution in [0.3, 0.4) is 0 Å². The van der Waals surface area contributed by atoms with Crippen molar-refractivity contribution in [3.8, 4) is 0 Å². The monoisotopic (exact) mass is 273 g/mol. The standard InChI is InChI=1S/C13H15N5O2/c1-15-13(20)9-3-2-4-10(7-9)16-12(19)8-18-6-5-11(14)17-18/h2-7H,8H2,1H3,(H2,14,17)(H,15,20)(H,16,19). The summed E-state index contributed by atoms with van der Waals surface area (Å²) in [4.78, 5) is 23.3. The van der Waals surface area contributed by atoms with Crippen molar-refractivity contribution in [1.82, 2.24) is 15.1 Å². The van der Waals surface area contributed by atoms with Gasteiger partial charge >= 0.3 is 0 Å². The molecule has 0 atom stereocenters. The lowest BCUT2D eigenvalue weighted by Gasteiger charge is -2.07. The number of nitrogens with zero attached hydrogens (tertiary/aromatic N) is 2. The lowest BCUT2D eigenvalue weighted by molar-refractivity contribution is -0.116. The Bertz CT molecular complexity index is 635. The summed E-state index contributed by atoms with van der Waals surface area (Å²) in [7, 11) is 1.55. The molecule has 1 heterocycles. The minimum atomic E-state index is -0.248. The van der Waals surface area contributed by atoms with Gasteiger partial charge in [-0.2, -0.15) is 5.10 Å². The van der Waals surface area contributed by atoms with E-state index in [-0.39, 0.29) is 18.4 Å². The van der Waals surface area contributed by atoms with E-state index >= 15 is 0 Å². The fourth-order valence-corrected chi connectivity index (χ4v) is 1.70. The number of carbonyl (C=O) groups excluding carboxylic acids is 2. The second-order valence-corrected chi connectivity index (χ2v) is 4.15. The summed E-state index contributed by atoms with van der Waals surface area (Å²) in [5.41, 5.74) is 6.50. The van der Waals surface area contributed by atoms with Gasteiger partial charge in [0.2, 0.25) is 5.91 Å². The lowest BCUT2D eigenvalue weighted by atomic mass is 10.2. The van der Waals surface area contributed by atoms with Crippen molar-refractivity contribution in [2.24, 2.45) is 0 Å². The molecule has 0 saturated heterocycles. The average Bonchev–Trinajstić information content (AvgIpc) is 2.83. The second kappa shape index (κ2) is 5.87. The van der Waals surface area contributed by atoms with Crippen molar-refractivity contribution < 1.29 is 9.59 Å². The van der Waals surface area contributed by atoms with Crippen molar-refractivity contribution in [3.63, 3.8) is 0 Å². The Kier molecular flexibility index (Phi) is 3.99. The van der Waals surface area contributed by atoms with Crippen molar-refractivity contribution >= 4 is 23.3 Å². The van der Waals surface area contributed by atoms with Crippen molar-refractivity contribution in [2.75, 3.05) is 18.1 Å². The van der Waals surface area contributed by atoms with Crippen LogP contribution in [-0.2, 0) is 11.3 Å². The van der Waals surface area contributed by atoms with Gasteiger partial charge in [0.25, 0.3) is 5.91 Å². The number of benzene rings is 1. The topological polar surface area (TPSA) is 102 Å². The molecule has 104 valence electrons. The molecule has 0 aliphatic rings. The Balaban J connectivity index is 2.02. The fraction of sp³-hybridized carbons (Fsp3) is 0.154. The molecule has 0 saturated carbocycles. The SMILES string of the molecule is CNC(=O)c1cccc(NC(=O)Cn2ccc(N)n2)c1. The van der Waals surface area contributed by atoms with Gasteiger partial charge in [0.1, 0.15) is 12.4 Å². The summed E-state index contributed by atoms with van der Waals surface area (Å²) in [6, 6.07) is 8.30. The van der Waals surface area contributed by atoms with Gasteiger partial charge in [-0.05, 0) is 24.3 Å². The van der Waals surface area contributed by atoms with Crippen LogP contribution in [0.15, 0.2) is 36.5 Å². The van der Waals surface area contributed by atoms with Crippen LogP contribution < -0.4 is 16.4 Å². The van der Waals surface area contributed by atoms with E-state index in [4.69, 9.17) is 5.73 Å². The summed E-state index contributed by atoms with van der Waals surface area (Å²) in [5, 5.41) is 9.14. The smallest absolute Gasteiger partial charge is 0.251 e. The third kappa shape index (κ3) is 3.35. The molecule has 2 amide bonds. The Morgan fingerprint density at radius 2 is 2.15 bits per heavy atom. The summed E-state index contributed by atoms with van der Waals surface area (Å²) in [6.07, 6.45) is 1.62. The Labute approximate surface area is 115 Å². The highest BCUT2D eigenvalue weighted by atomic mass is 16.2. The number of rotatable bonds is 4. The number of amides is 2. The molecule has 7 heteroatoms. The normalized spacial score (nSPS) is 10.1. The van der Waals surface area contributed by atoms with Crippen molar-refractivity contribution in [2.45, 2.75) is 6.54 Å². The molecule has 0 radical (unpaired) electrons. The first kappa shape index (κ1) is 13.6. The van der Waals surface area contributed by atoms with Gasteiger partial charge in [-0.15, -0.1) is 0 Å². The maximum atomic E-state index is 11.8. The number of hydrogen-bond acceptors (Lipinski definition) is 4. The van der Waals surface area contributed by atoms with Gasteiger partial charge in [-0.25, -0.2) is 0 Å². The van der Waals surface area contributed by atoms with Crippen LogP contribution in [0, 0.1) is 0 Å². The Hall–Kier alpha value is -2.83. The number of aromatic nitrogens is 2. The van der Waals surface area contributed by atoms with Gasteiger partial charge < -0.3 is 16.4 Å². The van der Waals surface area contributed by atoms with Crippen LogP contribution in [-0.4, -0.2) is 28.6 Å². The first-order valence-corrected chi connectivity index (χ1v) is 5.99. The van der Waals surface area contributed by atoms with Crippen LogP contribution in [0.4, 0.5) is 11.5 Å². The average molecular weight is 273 g/mol. The van der Waals surface area contributed by atoms with E-state index in [0.29, 0.717) is 17.1 Å². The second-order valence-electron chi connectivity index (χ2n) is 4.15. The zero-order valence-electron chi connectivity index (χ0n) is 11.0. The maximum absolute atomic E-state index is 11.8. The number of nitrogens with two attached hydrogens (primary N) is 1. The molecule has 4 N–H and O–H groups in total. The number of hydrogen-bond donors (Lipinski definition) is 3. The van der Waals surface area contributed by atoms with Gasteiger partial charge in [-0.1, -0.05) is 6.07 Å². The highest BCUT2D eigenvalue weighted by Crippen LogP contribution is 2.10. The highest BCUT2D eigenvalue weighted by molar-refractivity contribution is 5.96. The molecule has 0 bridgehead atoms. The largest absolute Gasteiger partial charge is 0.382 e. The molecule has 0 aliphatic heterocycles. The number of nitrogen functional groups attached to an aromatic ring is 1. The van der Waals surface area contributed by atoms with Crippen LogP contribution in [0.1, 0.15) is 10.4 Å². The molecule has 0 fully saturated rings. The predicted octanol–water partition coefficient (Wildman–Crippen LogP) is 0.464. The first-order chi connectivity index (χ1) is 9.58. The van der Waals surface area contributed by atoms with Gasteiger partial charge in [0.05, 0.1) is 0 Å². The zero-order chi connectivity index (χ0) is 14.5. The first-order valence-electron chi connectivity index (χ1n) is 5.99. The van der Waals surface area contributed by atoms with E-state index in [9.17, 15) is 9.59 Å². The summed E-state index contributed by atoms with van der Waals surface area (Å²) < 4.78 is 1.44. The van der Waals surface area contributed by atoms with E-state index in [1.54, 1.807) is 43.6 Å². The van der Waals surface area contributed by atoms with Gasteiger partial charge in [0, 0.05) is 24.5 Å². The molecule has 2 rings (SSSR count). The van der Waals surface area contributed by atoms with Crippen molar-refractivity contribution in [3.05, 3.63) is 42.1 Å². The molecular weight excluding hydrogens is 258 g/mol. The summed E-state index contributed by atoms with van der Waals surface area (Å²) >= 11 is 0. The van der Waals surface area contributed by atoms with Crippen LogP contribution in [0.2, 0.25) is 0 Å². The van der Waals surface area contributed by atoms with Crippen LogP contribution >= 0.6 is 0 Å². The molecule has 1 aromatic heterocycles. The van der Waals surface area contributed by atoms with Crippen LogP contribution in [0.25, 0.3) is 0 Å². The molecule has 7 nitrogen and oxygen atoms in total. The third-order valence-corrected chi connectivity index (χ3v) is 2.60. The summed E-state index contributed by atoms with van der Waals surface area (Å²) in [6.45, 7) is 0.0569. The summed E-state index contributed by atoms with van der Waals surface area (Å²) in [5.74, 6) is -0.0949. The molecule has 20 heavy (non-hydrogen) atoms. The minimum Gasteiger partial charge on any atom is -0.382 e. The van der Waals surface area contributed by atoms with Crippen molar-refractivity contribution in [1.29, 1.82) is 0 Å². The van der Waals surface area contributed by atoms with E-state index in [0.717, 1.165) is 0 Å². The molecular formula is C13H15N5O2. The highest BCUT2D eigenvalue weighted by Gasteiger charge is 2.07. The van der Waals surface area contributed by atoms with E-state index in [1.165, 1.54) is 4.68 Å². The molecule has 0 spiro atoms. The van der Waals surface area contributed by atoms with Crippen LogP contribution in [0.5, 0.6) is 0 Å². The lowest BCUT2D eigenvalue weighted by Crippen LogP contribution is -2.20. The number of carbonyl (C=O) groups is 2. The fourth-order valence-electron chi connectivity index (χ4n) is 1.70. The minimum absolute atomic E-state index is 0.0569. The quantitative estimate of drug-likeness (QED) is 0.753. The van der Waals surface area contributed by atoms with Gasteiger partial charge in [0.15, 0.2) is 0 Å². The Morgan fingerprint density at radius 1 is 1.35 bits per heavy atom. The van der Waals surface area contributed by atoms with E-state index in [1.807, 2.05) is 0 Å². The van der Waals surface area contributed by atoms with E-state index in [2.05, 4.69) is 15.7 Å². The molecule has 0 aliphatic carbocycles. The number of anilines is 2. The van der Waals surface area contributed by atoms with E-state index < -0.39 is 0 Å². The predicted molar refractivity (Wildman–Crippen MR) is 75.1 cm³/mol.